The summed E-state index contributed by atoms with van der Waals surface area (Å²) in [6.45, 7) is 0. The molecule has 0 atom stereocenters. The van der Waals surface area contributed by atoms with E-state index in [2.05, 4.69) is 95.2 Å². The number of pyridine rings is 1. The SMILES string of the molecule is CN1c2ccccc2-c2nc3cc(I)ccc3c3cccc1c23. The van der Waals surface area contributed by atoms with Crippen molar-refractivity contribution in [3.63, 3.8) is 0 Å². The molecule has 4 aromatic rings. The fourth-order valence-electron chi connectivity index (χ4n) is 3.59. The van der Waals surface area contributed by atoms with E-state index >= 15 is 0 Å². The molecule has 0 saturated heterocycles. The van der Waals surface area contributed by atoms with Crippen molar-refractivity contribution in [3.8, 4) is 11.3 Å². The third kappa shape index (κ3) is 1.77. The lowest BCUT2D eigenvalue weighted by Crippen LogP contribution is -2.15. The molecule has 0 radical (unpaired) electrons. The van der Waals surface area contributed by atoms with Gasteiger partial charge >= 0.3 is 0 Å². The van der Waals surface area contributed by atoms with Gasteiger partial charge in [-0.15, -0.1) is 0 Å². The van der Waals surface area contributed by atoms with Crippen molar-refractivity contribution in [2.75, 3.05) is 11.9 Å². The van der Waals surface area contributed by atoms with Crippen molar-refractivity contribution >= 4 is 55.6 Å². The number of nitrogens with zero attached hydrogens (tertiary/aromatic N) is 2. The van der Waals surface area contributed by atoms with Crippen LogP contribution in [0.25, 0.3) is 32.9 Å². The zero-order valence-electron chi connectivity index (χ0n) is 12.5. The molecule has 0 spiro atoms. The molecule has 0 unspecified atom stereocenters. The van der Waals surface area contributed by atoms with E-state index < -0.39 is 0 Å². The number of hydrogen-bond acceptors (Lipinski definition) is 2. The number of benzene rings is 3. The van der Waals surface area contributed by atoms with Crippen LogP contribution in [-0.2, 0) is 0 Å². The summed E-state index contributed by atoms with van der Waals surface area (Å²) in [6, 6.07) is 21.6. The fraction of sp³-hybridized carbons (Fsp3) is 0.0500. The third-order valence-corrected chi connectivity index (χ3v) is 5.31. The molecule has 110 valence electrons. The summed E-state index contributed by atoms with van der Waals surface area (Å²) >= 11 is 2.35. The molecule has 0 amide bonds. The molecule has 1 aliphatic rings. The Morgan fingerprint density at radius 2 is 1.70 bits per heavy atom. The molecular formula is C20H13IN2. The Morgan fingerprint density at radius 1 is 0.870 bits per heavy atom. The van der Waals surface area contributed by atoms with Crippen LogP contribution in [-0.4, -0.2) is 12.0 Å². The van der Waals surface area contributed by atoms with Gasteiger partial charge in [0.05, 0.1) is 22.6 Å². The molecular weight excluding hydrogens is 395 g/mol. The Labute approximate surface area is 147 Å². The van der Waals surface area contributed by atoms with Gasteiger partial charge in [0.1, 0.15) is 0 Å². The lowest BCUT2D eigenvalue weighted by molar-refractivity contribution is 1.20. The Kier molecular flexibility index (Phi) is 2.71. The summed E-state index contributed by atoms with van der Waals surface area (Å²) in [5.41, 5.74) is 5.81. The summed E-state index contributed by atoms with van der Waals surface area (Å²) in [7, 11) is 2.13. The largest absolute Gasteiger partial charge is 0.343 e. The molecule has 5 rings (SSSR count). The Balaban J connectivity index is 2.06. The Hall–Kier alpha value is -2.14. The smallest absolute Gasteiger partial charge is 0.0830 e. The monoisotopic (exact) mass is 408 g/mol. The second kappa shape index (κ2) is 4.68. The van der Waals surface area contributed by atoms with E-state index in [-0.39, 0.29) is 0 Å². The van der Waals surface area contributed by atoms with Crippen LogP contribution >= 0.6 is 22.6 Å². The van der Waals surface area contributed by atoms with Gasteiger partial charge in [-0.3, -0.25) is 0 Å². The maximum atomic E-state index is 5.04. The average molecular weight is 408 g/mol. The second-order valence-electron chi connectivity index (χ2n) is 5.90. The van der Waals surface area contributed by atoms with Crippen LogP contribution in [0.4, 0.5) is 11.4 Å². The minimum absolute atomic E-state index is 1.07. The quantitative estimate of drug-likeness (QED) is 0.273. The second-order valence-corrected chi connectivity index (χ2v) is 7.14. The number of fused-ring (bicyclic) bond motifs is 4. The van der Waals surface area contributed by atoms with E-state index in [1.54, 1.807) is 0 Å². The molecule has 0 aliphatic carbocycles. The van der Waals surface area contributed by atoms with Gasteiger partial charge in [0, 0.05) is 27.0 Å². The van der Waals surface area contributed by atoms with Gasteiger partial charge in [0.2, 0.25) is 0 Å². The molecule has 1 aromatic heterocycles. The van der Waals surface area contributed by atoms with E-state index in [0.29, 0.717) is 0 Å². The van der Waals surface area contributed by atoms with Crippen molar-refractivity contribution < 1.29 is 0 Å². The van der Waals surface area contributed by atoms with E-state index in [4.69, 9.17) is 4.98 Å². The molecule has 0 saturated carbocycles. The molecule has 2 nitrogen and oxygen atoms in total. The summed E-state index contributed by atoms with van der Waals surface area (Å²) in [6.07, 6.45) is 0. The van der Waals surface area contributed by atoms with Gasteiger partial charge < -0.3 is 4.90 Å². The zero-order chi connectivity index (χ0) is 15.6. The Bertz CT molecular complexity index is 1100. The number of anilines is 2. The number of rotatable bonds is 0. The highest BCUT2D eigenvalue weighted by Crippen LogP contribution is 2.47. The average Bonchev–Trinajstić information content (AvgIpc) is 2.59. The lowest BCUT2D eigenvalue weighted by atomic mass is 9.94. The van der Waals surface area contributed by atoms with Crippen molar-refractivity contribution in [3.05, 3.63) is 64.2 Å². The van der Waals surface area contributed by atoms with Crippen molar-refractivity contribution in [2.24, 2.45) is 0 Å². The maximum Gasteiger partial charge on any atom is 0.0830 e. The lowest BCUT2D eigenvalue weighted by Gasteiger charge is -2.30. The molecule has 0 N–H and O–H groups in total. The van der Waals surface area contributed by atoms with E-state index in [1.807, 2.05) is 0 Å². The van der Waals surface area contributed by atoms with Crippen molar-refractivity contribution in [1.82, 2.24) is 4.98 Å². The molecule has 1 aliphatic heterocycles. The van der Waals surface area contributed by atoms with Crippen molar-refractivity contribution in [1.29, 1.82) is 0 Å². The van der Waals surface area contributed by atoms with E-state index in [9.17, 15) is 0 Å². The van der Waals surface area contributed by atoms with E-state index in [1.165, 1.54) is 36.7 Å². The van der Waals surface area contributed by atoms with E-state index in [0.717, 1.165) is 11.2 Å². The normalized spacial score (nSPS) is 12.7. The van der Waals surface area contributed by atoms with Crippen LogP contribution < -0.4 is 4.90 Å². The highest BCUT2D eigenvalue weighted by atomic mass is 127. The molecule has 23 heavy (non-hydrogen) atoms. The maximum absolute atomic E-state index is 5.04. The predicted molar refractivity (Wildman–Crippen MR) is 105 cm³/mol. The molecule has 0 bridgehead atoms. The number of hydrogen-bond donors (Lipinski definition) is 0. The van der Waals surface area contributed by atoms with Gasteiger partial charge in [-0.2, -0.15) is 0 Å². The van der Waals surface area contributed by atoms with Crippen LogP contribution in [0.2, 0.25) is 0 Å². The van der Waals surface area contributed by atoms with Crippen molar-refractivity contribution in [2.45, 2.75) is 0 Å². The summed E-state index contributed by atoms with van der Waals surface area (Å²) < 4.78 is 1.21. The molecule has 3 heteroatoms. The minimum Gasteiger partial charge on any atom is -0.343 e. The first-order valence-corrected chi connectivity index (χ1v) is 8.67. The standard InChI is InChI=1S/C20H13IN2/c1-23-17-7-3-2-5-15(17)20-19-14(6-4-8-18(19)23)13-10-9-12(21)11-16(13)22-20/h2-11H,1H3. The minimum atomic E-state index is 1.07. The van der Waals surface area contributed by atoms with Crippen LogP contribution in [0.1, 0.15) is 0 Å². The van der Waals surface area contributed by atoms with Crippen LogP contribution in [0, 0.1) is 3.57 Å². The van der Waals surface area contributed by atoms with Crippen LogP contribution in [0.15, 0.2) is 60.7 Å². The first-order valence-electron chi connectivity index (χ1n) is 7.59. The molecule has 0 fully saturated rings. The van der Waals surface area contributed by atoms with Gasteiger partial charge in [-0.25, -0.2) is 4.98 Å². The number of halogens is 1. The van der Waals surface area contributed by atoms with Gasteiger partial charge in [0.15, 0.2) is 0 Å². The molecule has 2 heterocycles. The van der Waals surface area contributed by atoms with Gasteiger partial charge in [0.25, 0.3) is 0 Å². The van der Waals surface area contributed by atoms with Crippen LogP contribution in [0.3, 0.4) is 0 Å². The Morgan fingerprint density at radius 3 is 2.61 bits per heavy atom. The summed E-state index contributed by atoms with van der Waals surface area (Å²) in [5, 5.41) is 3.75. The van der Waals surface area contributed by atoms with Crippen LogP contribution in [0.5, 0.6) is 0 Å². The number of para-hydroxylation sites is 1. The summed E-state index contributed by atoms with van der Waals surface area (Å²) in [5.74, 6) is 0. The first kappa shape index (κ1) is 13.3. The fourth-order valence-corrected chi connectivity index (χ4v) is 4.06. The summed E-state index contributed by atoms with van der Waals surface area (Å²) in [4.78, 5) is 7.31. The van der Waals surface area contributed by atoms with Gasteiger partial charge in [-0.05, 0) is 52.2 Å². The first-order chi connectivity index (χ1) is 11.2. The predicted octanol–water partition coefficient (Wildman–Crippen LogP) is 5.74. The highest BCUT2D eigenvalue weighted by Gasteiger charge is 2.24. The third-order valence-electron chi connectivity index (χ3n) is 4.64. The zero-order valence-corrected chi connectivity index (χ0v) is 14.7. The highest BCUT2D eigenvalue weighted by molar-refractivity contribution is 14.1. The van der Waals surface area contributed by atoms with Gasteiger partial charge in [-0.1, -0.05) is 36.4 Å². The number of aromatic nitrogens is 1. The molecule has 3 aromatic carbocycles. The topological polar surface area (TPSA) is 16.1 Å².